The van der Waals surface area contributed by atoms with E-state index >= 15 is 0 Å². The molecule has 4 aromatic rings. The summed E-state index contributed by atoms with van der Waals surface area (Å²) < 4.78 is 11.2. The molecule has 0 saturated carbocycles. The molecule has 28 heavy (non-hydrogen) atoms. The molecule has 1 unspecified atom stereocenters. The van der Waals surface area contributed by atoms with Crippen molar-refractivity contribution in [2.45, 2.75) is 12.5 Å². The summed E-state index contributed by atoms with van der Waals surface area (Å²) >= 11 is 0. The van der Waals surface area contributed by atoms with Gasteiger partial charge < -0.3 is 15.0 Å². The first-order chi connectivity index (χ1) is 13.3. The first kappa shape index (κ1) is 19.6. The van der Waals surface area contributed by atoms with E-state index < -0.39 is 0 Å². The van der Waals surface area contributed by atoms with E-state index in [1.54, 1.807) is 0 Å². The van der Waals surface area contributed by atoms with Crippen LogP contribution in [0.15, 0.2) is 89.5 Å². The number of halogens is 1. The molecule has 0 radical (unpaired) electrons. The minimum atomic E-state index is -0.339. The van der Waals surface area contributed by atoms with Crippen LogP contribution in [0.25, 0.3) is 11.4 Å². The zero-order valence-corrected chi connectivity index (χ0v) is 15.9. The van der Waals surface area contributed by atoms with Gasteiger partial charge in [0.1, 0.15) is 11.5 Å². The summed E-state index contributed by atoms with van der Waals surface area (Å²) in [4.78, 5) is 4.45. The van der Waals surface area contributed by atoms with E-state index in [4.69, 9.17) is 15.0 Å². The molecule has 0 bridgehead atoms. The third-order valence-electron chi connectivity index (χ3n) is 4.15. The molecule has 0 amide bonds. The van der Waals surface area contributed by atoms with Gasteiger partial charge in [-0.15, -0.1) is 12.4 Å². The molecule has 0 aliphatic heterocycles. The second-order valence-electron chi connectivity index (χ2n) is 6.19. The Morgan fingerprint density at radius 2 is 1.43 bits per heavy atom. The van der Waals surface area contributed by atoms with Crippen molar-refractivity contribution in [3.63, 3.8) is 0 Å². The van der Waals surface area contributed by atoms with E-state index in [9.17, 15) is 0 Å². The van der Waals surface area contributed by atoms with Crippen molar-refractivity contribution < 1.29 is 9.26 Å². The zero-order chi connectivity index (χ0) is 18.5. The lowest BCUT2D eigenvalue weighted by Gasteiger charge is -2.06. The third-order valence-corrected chi connectivity index (χ3v) is 4.15. The summed E-state index contributed by atoms with van der Waals surface area (Å²) in [6.07, 6.45) is 0.645. The van der Waals surface area contributed by atoms with Crippen LogP contribution < -0.4 is 10.5 Å². The molecule has 5 nitrogen and oxygen atoms in total. The summed E-state index contributed by atoms with van der Waals surface area (Å²) in [5, 5.41) is 4.06. The molecule has 6 heteroatoms. The van der Waals surface area contributed by atoms with Gasteiger partial charge in [-0.05, 0) is 48.4 Å². The maximum atomic E-state index is 6.21. The number of nitrogens with two attached hydrogens (primary N) is 1. The van der Waals surface area contributed by atoms with Crippen LogP contribution in [0.2, 0.25) is 0 Å². The van der Waals surface area contributed by atoms with Crippen LogP contribution in [-0.2, 0) is 6.42 Å². The molecule has 0 spiro atoms. The van der Waals surface area contributed by atoms with Crippen LogP contribution in [0.4, 0.5) is 0 Å². The number of rotatable bonds is 6. The van der Waals surface area contributed by atoms with Gasteiger partial charge in [0.15, 0.2) is 0 Å². The number of nitrogens with zero attached hydrogens (tertiary/aromatic N) is 2. The first-order valence-electron chi connectivity index (χ1n) is 8.74. The van der Waals surface area contributed by atoms with Gasteiger partial charge in [0.25, 0.3) is 0 Å². The Kier molecular flexibility index (Phi) is 6.42. The number of benzene rings is 3. The highest BCUT2D eigenvalue weighted by Crippen LogP contribution is 2.25. The Bertz CT molecular complexity index is 989. The summed E-state index contributed by atoms with van der Waals surface area (Å²) in [5.41, 5.74) is 8.19. The maximum absolute atomic E-state index is 6.21. The van der Waals surface area contributed by atoms with Gasteiger partial charge >= 0.3 is 0 Å². The number of aromatic nitrogens is 2. The predicted octanol–water partition coefficient (Wildman–Crippen LogP) is 5.19. The molecule has 1 heterocycles. The maximum Gasteiger partial charge on any atom is 0.244 e. The molecule has 0 saturated heterocycles. The highest BCUT2D eigenvalue weighted by atomic mass is 35.5. The van der Waals surface area contributed by atoms with Crippen LogP contribution in [0.1, 0.15) is 17.5 Å². The normalized spacial score (nSPS) is 11.5. The molecule has 4 rings (SSSR count). The summed E-state index contributed by atoms with van der Waals surface area (Å²) in [7, 11) is 0. The number of hydrogen-bond acceptors (Lipinski definition) is 5. The van der Waals surface area contributed by atoms with E-state index in [1.807, 2.05) is 84.9 Å². The minimum Gasteiger partial charge on any atom is -0.457 e. The third kappa shape index (κ3) is 4.76. The minimum absolute atomic E-state index is 0. The van der Waals surface area contributed by atoms with E-state index in [-0.39, 0.29) is 18.4 Å². The molecule has 142 valence electrons. The van der Waals surface area contributed by atoms with Crippen molar-refractivity contribution in [3.8, 4) is 22.9 Å². The molecule has 2 N–H and O–H groups in total. The quantitative estimate of drug-likeness (QED) is 0.487. The second kappa shape index (κ2) is 9.17. The van der Waals surface area contributed by atoms with Gasteiger partial charge in [0.2, 0.25) is 11.7 Å². The number of hydrogen-bond donors (Lipinski definition) is 1. The fourth-order valence-corrected chi connectivity index (χ4v) is 2.76. The summed E-state index contributed by atoms with van der Waals surface area (Å²) in [5.74, 6) is 2.48. The van der Waals surface area contributed by atoms with Crippen LogP contribution in [0.5, 0.6) is 11.5 Å². The fraction of sp³-hybridized carbons (Fsp3) is 0.0909. The van der Waals surface area contributed by atoms with E-state index in [2.05, 4.69) is 10.1 Å². The van der Waals surface area contributed by atoms with Crippen molar-refractivity contribution in [1.82, 2.24) is 10.1 Å². The van der Waals surface area contributed by atoms with Crippen LogP contribution >= 0.6 is 12.4 Å². The van der Waals surface area contributed by atoms with E-state index in [0.717, 1.165) is 22.6 Å². The van der Waals surface area contributed by atoms with Gasteiger partial charge in [-0.1, -0.05) is 53.7 Å². The lowest BCUT2D eigenvalue weighted by Crippen LogP contribution is -2.13. The Labute approximate surface area is 169 Å². The average molecular weight is 394 g/mol. The Hall–Kier alpha value is -3.15. The molecule has 0 fully saturated rings. The van der Waals surface area contributed by atoms with Gasteiger partial charge in [-0.2, -0.15) is 4.98 Å². The zero-order valence-electron chi connectivity index (χ0n) is 15.1. The van der Waals surface area contributed by atoms with Crippen LogP contribution in [0.3, 0.4) is 0 Å². The summed E-state index contributed by atoms with van der Waals surface area (Å²) in [6.45, 7) is 0. The van der Waals surface area contributed by atoms with E-state index in [1.165, 1.54) is 0 Å². The van der Waals surface area contributed by atoms with Crippen molar-refractivity contribution in [3.05, 3.63) is 96.4 Å². The lowest BCUT2D eigenvalue weighted by atomic mass is 10.1. The largest absolute Gasteiger partial charge is 0.457 e. The van der Waals surface area contributed by atoms with Gasteiger partial charge in [-0.25, -0.2) is 0 Å². The van der Waals surface area contributed by atoms with E-state index in [0.29, 0.717) is 18.1 Å². The number of ether oxygens (including phenoxy) is 1. The molecular formula is C22H20ClN3O2. The van der Waals surface area contributed by atoms with Gasteiger partial charge in [0.05, 0.1) is 6.04 Å². The molecule has 1 aromatic heterocycles. The molecular weight excluding hydrogens is 374 g/mol. The van der Waals surface area contributed by atoms with Crippen LogP contribution in [-0.4, -0.2) is 10.1 Å². The van der Waals surface area contributed by atoms with Gasteiger partial charge in [0, 0.05) is 5.56 Å². The van der Waals surface area contributed by atoms with Crippen molar-refractivity contribution in [2.75, 3.05) is 0 Å². The smallest absolute Gasteiger partial charge is 0.244 e. The molecule has 0 aliphatic rings. The summed E-state index contributed by atoms with van der Waals surface area (Å²) in [6, 6.07) is 26.9. The monoisotopic (exact) mass is 393 g/mol. The van der Waals surface area contributed by atoms with Crippen molar-refractivity contribution >= 4 is 12.4 Å². The number of para-hydroxylation sites is 1. The van der Waals surface area contributed by atoms with Crippen molar-refractivity contribution in [2.24, 2.45) is 5.73 Å². The molecule has 3 aromatic carbocycles. The second-order valence-corrected chi connectivity index (χ2v) is 6.19. The van der Waals surface area contributed by atoms with Crippen molar-refractivity contribution in [1.29, 1.82) is 0 Å². The topological polar surface area (TPSA) is 74.2 Å². The molecule has 1 atom stereocenters. The Balaban J connectivity index is 0.00000225. The van der Waals surface area contributed by atoms with Gasteiger partial charge in [-0.3, -0.25) is 0 Å². The lowest BCUT2D eigenvalue weighted by molar-refractivity contribution is 0.354. The highest BCUT2D eigenvalue weighted by Gasteiger charge is 2.16. The predicted molar refractivity (Wildman–Crippen MR) is 111 cm³/mol. The standard InChI is InChI=1S/C22H19N3O2.ClH/c23-20(15-16-7-3-1-4-8-16)22-24-21(25-27-22)17-11-13-19(14-12-17)26-18-9-5-2-6-10-18;/h1-14,20H,15,23H2;1H. The Morgan fingerprint density at radius 1 is 0.821 bits per heavy atom. The fourth-order valence-electron chi connectivity index (χ4n) is 2.76. The Morgan fingerprint density at radius 3 is 2.11 bits per heavy atom. The highest BCUT2D eigenvalue weighted by molar-refractivity contribution is 5.85. The van der Waals surface area contributed by atoms with Crippen LogP contribution in [0, 0.1) is 0 Å². The molecule has 0 aliphatic carbocycles. The first-order valence-corrected chi connectivity index (χ1v) is 8.74. The average Bonchev–Trinajstić information content (AvgIpc) is 3.21. The SMILES string of the molecule is Cl.NC(Cc1ccccc1)c1nc(-c2ccc(Oc3ccccc3)cc2)no1.